The number of hydrogen-bond donors (Lipinski definition) is 2. The SMILES string of the molecule is O=C(Nc1ccc(SC(C(=O)Nc2ccc(Cl)cc2Cl)c2ccccc2)cc1)c1cccc(Cl)c1. The first kappa shape index (κ1) is 25.1. The van der Waals surface area contributed by atoms with Crippen LogP contribution in [0.1, 0.15) is 21.2 Å². The third kappa shape index (κ3) is 6.80. The van der Waals surface area contributed by atoms with E-state index in [0.717, 1.165) is 10.5 Å². The van der Waals surface area contributed by atoms with Crippen LogP contribution in [0, 0.1) is 0 Å². The molecule has 35 heavy (non-hydrogen) atoms. The Hall–Kier alpha value is -2.96. The van der Waals surface area contributed by atoms with E-state index in [1.54, 1.807) is 54.6 Å². The molecule has 0 saturated heterocycles. The molecule has 176 valence electrons. The van der Waals surface area contributed by atoms with E-state index in [1.165, 1.54) is 11.8 Å². The van der Waals surface area contributed by atoms with Crippen molar-refractivity contribution < 1.29 is 9.59 Å². The van der Waals surface area contributed by atoms with Crippen molar-refractivity contribution in [2.45, 2.75) is 10.1 Å². The zero-order valence-electron chi connectivity index (χ0n) is 18.2. The molecule has 0 aliphatic heterocycles. The van der Waals surface area contributed by atoms with Crippen molar-refractivity contribution in [3.05, 3.63) is 123 Å². The fourth-order valence-corrected chi connectivity index (χ4v) is 4.95. The molecule has 0 saturated carbocycles. The van der Waals surface area contributed by atoms with Crippen molar-refractivity contribution in [2.24, 2.45) is 0 Å². The van der Waals surface area contributed by atoms with Gasteiger partial charge in [-0.25, -0.2) is 0 Å². The number of benzene rings is 4. The van der Waals surface area contributed by atoms with E-state index in [9.17, 15) is 9.59 Å². The normalized spacial score (nSPS) is 11.5. The number of thioether (sulfide) groups is 1. The van der Waals surface area contributed by atoms with E-state index in [4.69, 9.17) is 34.8 Å². The van der Waals surface area contributed by atoms with Crippen LogP contribution in [-0.4, -0.2) is 11.8 Å². The Morgan fingerprint density at radius 2 is 1.43 bits per heavy atom. The lowest BCUT2D eigenvalue weighted by molar-refractivity contribution is -0.115. The van der Waals surface area contributed by atoms with Crippen LogP contribution in [0.5, 0.6) is 0 Å². The number of anilines is 2. The van der Waals surface area contributed by atoms with Crippen molar-refractivity contribution in [1.29, 1.82) is 0 Å². The summed E-state index contributed by atoms with van der Waals surface area (Å²) < 4.78 is 0. The highest BCUT2D eigenvalue weighted by atomic mass is 35.5. The summed E-state index contributed by atoms with van der Waals surface area (Å²) in [4.78, 5) is 26.6. The molecule has 4 aromatic carbocycles. The Bertz CT molecular complexity index is 1350. The monoisotopic (exact) mass is 540 g/mol. The number of halogens is 3. The molecule has 0 aliphatic rings. The van der Waals surface area contributed by atoms with Gasteiger partial charge in [0.15, 0.2) is 0 Å². The summed E-state index contributed by atoms with van der Waals surface area (Å²) in [5, 5.41) is 6.57. The molecule has 0 aliphatic carbocycles. The second-order valence-electron chi connectivity index (χ2n) is 7.51. The van der Waals surface area contributed by atoms with Gasteiger partial charge in [0, 0.05) is 26.2 Å². The predicted molar refractivity (Wildman–Crippen MR) is 146 cm³/mol. The summed E-state index contributed by atoms with van der Waals surface area (Å²) in [6, 6.07) is 28.5. The number of nitrogens with one attached hydrogen (secondary N) is 2. The summed E-state index contributed by atoms with van der Waals surface area (Å²) in [6.07, 6.45) is 0. The second-order valence-corrected chi connectivity index (χ2v) is 9.97. The summed E-state index contributed by atoms with van der Waals surface area (Å²) in [6.45, 7) is 0. The molecule has 1 atom stereocenters. The summed E-state index contributed by atoms with van der Waals surface area (Å²) >= 11 is 19.6. The lowest BCUT2D eigenvalue weighted by atomic mass is 10.1. The Morgan fingerprint density at radius 1 is 0.714 bits per heavy atom. The number of rotatable bonds is 7. The van der Waals surface area contributed by atoms with Crippen LogP contribution in [0.25, 0.3) is 0 Å². The number of amides is 2. The van der Waals surface area contributed by atoms with E-state index in [2.05, 4.69) is 10.6 Å². The molecule has 4 aromatic rings. The summed E-state index contributed by atoms with van der Waals surface area (Å²) in [7, 11) is 0. The van der Waals surface area contributed by atoms with E-state index < -0.39 is 5.25 Å². The van der Waals surface area contributed by atoms with Crippen LogP contribution >= 0.6 is 46.6 Å². The Balaban J connectivity index is 1.50. The lowest BCUT2D eigenvalue weighted by Crippen LogP contribution is -2.19. The van der Waals surface area contributed by atoms with Gasteiger partial charge in [-0.2, -0.15) is 0 Å². The molecule has 0 spiro atoms. The maximum atomic E-state index is 13.3. The Morgan fingerprint density at radius 3 is 2.11 bits per heavy atom. The molecule has 2 amide bonds. The van der Waals surface area contributed by atoms with Crippen molar-refractivity contribution >= 4 is 69.8 Å². The molecule has 2 N–H and O–H groups in total. The van der Waals surface area contributed by atoms with Gasteiger partial charge in [0.05, 0.1) is 10.7 Å². The van der Waals surface area contributed by atoms with Crippen LogP contribution in [0.2, 0.25) is 15.1 Å². The minimum absolute atomic E-state index is 0.219. The van der Waals surface area contributed by atoms with E-state index >= 15 is 0 Å². The number of hydrogen-bond acceptors (Lipinski definition) is 3. The van der Waals surface area contributed by atoms with E-state index in [-0.39, 0.29) is 11.8 Å². The first-order valence-electron chi connectivity index (χ1n) is 10.5. The van der Waals surface area contributed by atoms with Crippen LogP contribution in [0.4, 0.5) is 11.4 Å². The third-order valence-electron chi connectivity index (χ3n) is 4.98. The topological polar surface area (TPSA) is 58.2 Å². The average Bonchev–Trinajstić information content (AvgIpc) is 2.85. The second kappa shape index (κ2) is 11.6. The lowest BCUT2D eigenvalue weighted by Gasteiger charge is -2.18. The molecule has 8 heteroatoms. The summed E-state index contributed by atoms with van der Waals surface area (Å²) in [5.41, 5.74) is 2.44. The van der Waals surface area contributed by atoms with Gasteiger partial charge in [0.2, 0.25) is 5.91 Å². The van der Waals surface area contributed by atoms with Gasteiger partial charge in [-0.3, -0.25) is 9.59 Å². The fraction of sp³-hybridized carbons (Fsp3) is 0.0370. The van der Waals surface area contributed by atoms with Gasteiger partial charge >= 0.3 is 0 Å². The third-order valence-corrected chi connectivity index (χ3v) is 7.03. The van der Waals surface area contributed by atoms with Crippen molar-refractivity contribution in [3.8, 4) is 0 Å². The summed E-state index contributed by atoms with van der Waals surface area (Å²) in [5.74, 6) is -0.474. The van der Waals surface area contributed by atoms with Gasteiger partial charge in [-0.15, -0.1) is 11.8 Å². The molecule has 0 heterocycles. The molecule has 0 radical (unpaired) electrons. The zero-order chi connectivity index (χ0) is 24.8. The van der Waals surface area contributed by atoms with E-state index in [0.29, 0.717) is 32.0 Å². The minimum Gasteiger partial charge on any atom is -0.323 e. The first-order chi connectivity index (χ1) is 16.9. The number of carbonyl (C=O) groups excluding carboxylic acids is 2. The van der Waals surface area contributed by atoms with Crippen LogP contribution in [0.3, 0.4) is 0 Å². The van der Waals surface area contributed by atoms with Gasteiger partial charge in [0.1, 0.15) is 5.25 Å². The molecule has 0 fully saturated rings. The highest BCUT2D eigenvalue weighted by molar-refractivity contribution is 8.00. The Kier molecular flexibility index (Phi) is 8.37. The maximum Gasteiger partial charge on any atom is 0.255 e. The zero-order valence-corrected chi connectivity index (χ0v) is 21.3. The van der Waals surface area contributed by atoms with Gasteiger partial charge in [-0.1, -0.05) is 71.2 Å². The van der Waals surface area contributed by atoms with Gasteiger partial charge in [-0.05, 0) is 66.2 Å². The smallest absolute Gasteiger partial charge is 0.255 e. The van der Waals surface area contributed by atoms with Gasteiger partial charge in [0.25, 0.3) is 5.91 Å². The molecule has 4 rings (SSSR count). The highest BCUT2D eigenvalue weighted by Crippen LogP contribution is 2.37. The Labute approximate surface area is 222 Å². The largest absolute Gasteiger partial charge is 0.323 e. The molecular formula is C27H19Cl3N2O2S. The molecule has 1 unspecified atom stereocenters. The minimum atomic E-state index is -0.533. The van der Waals surface area contributed by atoms with Crippen molar-refractivity contribution in [3.63, 3.8) is 0 Å². The standard InChI is InChI=1S/C27H19Cl3N2O2S/c28-19-8-4-7-18(15-19)26(33)31-21-10-12-22(13-11-21)35-25(17-5-2-1-3-6-17)27(34)32-24-14-9-20(29)16-23(24)30/h1-16,25H,(H,31,33)(H,32,34). The average molecular weight is 542 g/mol. The number of carbonyl (C=O) groups is 2. The van der Waals surface area contributed by atoms with Gasteiger partial charge < -0.3 is 10.6 Å². The molecular weight excluding hydrogens is 523 g/mol. The maximum absolute atomic E-state index is 13.3. The van der Waals surface area contributed by atoms with Crippen LogP contribution < -0.4 is 10.6 Å². The van der Waals surface area contributed by atoms with Crippen molar-refractivity contribution in [1.82, 2.24) is 0 Å². The quantitative estimate of drug-likeness (QED) is 0.231. The molecule has 4 nitrogen and oxygen atoms in total. The molecule has 0 aromatic heterocycles. The fourth-order valence-electron chi connectivity index (χ4n) is 3.28. The van der Waals surface area contributed by atoms with Crippen LogP contribution in [-0.2, 0) is 4.79 Å². The first-order valence-corrected chi connectivity index (χ1v) is 12.5. The predicted octanol–water partition coefficient (Wildman–Crippen LogP) is 8.37. The van der Waals surface area contributed by atoms with E-state index in [1.807, 2.05) is 42.5 Å². The van der Waals surface area contributed by atoms with Crippen LogP contribution in [0.15, 0.2) is 102 Å². The highest BCUT2D eigenvalue weighted by Gasteiger charge is 2.23. The molecule has 0 bridgehead atoms. The van der Waals surface area contributed by atoms with Crippen molar-refractivity contribution in [2.75, 3.05) is 10.6 Å².